The Morgan fingerprint density at radius 1 is 0.468 bits per heavy atom. The Balaban J connectivity index is 1.10. The summed E-state index contributed by atoms with van der Waals surface area (Å²) >= 11 is 0. The minimum absolute atomic E-state index is 0.372. The van der Waals surface area contributed by atoms with E-state index in [9.17, 15) is 0 Å². The van der Waals surface area contributed by atoms with Gasteiger partial charge in [-0.2, -0.15) is 0 Å². The third-order valence-corrected chi connectivity index (χ3v) is 13.3. The van der Waals surface area contributed by atoms with Crippen molar-refractivity contribution < 1.29 is 0 Å². The SMILES string of the molecule is CC(C)N1CN(c2cccc(C3(c4ccc5c6ccccc6n(-c6cc(-c7ccccc7-c7ccccc7)ccn6)c5c4)c4ccccc4-c4ccccc43)c2)c2ccccc21. The van der Waals surface area contributed by atoms with Gasteiger partial charge in [0.05, 0.1) is 34.5 Å². The lowest BCUT2D eigenvalue weighted by Crippen LogP contribution is -2.33. The smallest absolute Gasteiger partial charge is 0.138 e. The van der Waals surface area contributed by atoms with Crippen LogP contribution in [0, 0.1) is 0 Å². The number of hydrogen-bond acceptors (Lipinski definition) is 3. The van der Waals surface area contributed by atoms with Crippen molar-refractivity contribution in [2.24, 2.45) is 0 Å². The maximum Gasteiger partial charge on any atom is 0.138 e. The third-order valence-electron chi connectivity index (χ3n) is 13.3. The topological polar surface area (TPSA) is 24.3 Å². The Morgan fingerprint density at radius 3 is 1.84 bits per heavy atom. The second kappa shape index (κ2) is 14.2. The van der Waals surface area contributed by atoms with E-state index in [0.29, 0.717) is 6.04 Å². The molecule has 10 aromatic rings. The van der Waals surface area contributed by atoms with Crippen LogP contribution in [0.2, 0.25) is 0 Å². The highest BCUT2D eigenvalue weighted by Gasteiger charge is 2.46. The Kier molecular flexibility index (Phi) is 8.30. The summed E-state index contributed by atoms with van der Waals surface area (Å²) in [5.41, 5.74) is 17.7. The van der Waals surface area contributed by atoms with Crippen LogP contribution < -0.4 is 9.80 Å². The average Bonchev–Trinajstić information content (AvgIpc) is 3.99. The van der Waals surface area contributed by atoms with Gasteiger partial charge in [0.1, 0.15) is 5.82 Å². The zero-order chi connectivity index (χ0) is 41.4. The van der Waals surface area contributed by atoms with Crippen LogP contribution in [0.3, 0.4) is 0 Å². The molecule has 4 heteroatoms. The number of anilines is 3. The molecule has 12 rings (SSSR count). The van der Waals surface area contributed by atoms with E-state index < -0.39 is 5.41 Å². The fraction of sp³-hybridized carbons (Fsp3) is 0.0862. The number of pyridine rings is 1. The zero-order valence-corrected chi connectivity index (χ0v) is 34.8. The van der Waals surface area contributed by atoms with Crippen molar-refractivity contribution in [3.8, 4) is 39.2 Å². The Morgan fingerprint density at radius 2 is 1.08 bits per heavy atom. The molecular weight excluding hydrogens is 753 g/mol. The molecule has 0 spiro atoms. The first kappa shape index (κ1) is 36.2. The van der Waals surface area contributed by atoms with E-state index in [4.69, 9.17) is 4.98 Å². The molecule has 0 saturated heterocycles. The first-order chi connectivity index (χ1) is 30.6. The summed E-state index contributed by atoms with van der Waals surface area (Å²) in [6.45, 7) is 5.36. The van der Waals surface area contributed by atoms with Gasteiger partial charge in [0.25, 0.3) is 0 Å². The molecule has 2 aliphatic rings. The van der Waals surface area contributed by atoms with Crippen molar-refractivity contribution in [3.63, 3.8) is 0 Å². The number of rotatable bonds is 7. The van der Waals surface area contributed by atoms with Gasteiger partial charge >= 0.3 is 0 Å². The summed E-state index contributed by atoms with van der Waals surface area (Å²) in [5, 5.41) is 2.41. The van der Waals surface area contributed by atoms with Crippen LogP contribution in [0.25, 0.3) is 61.0 Å². The highest BCUT2D eigenvalue weighted by atomic mass is 15.4. The molecule has 0 saturated carbocycles. The fourth-order valence-electron chi connectivity index (χ4n) is 10.6. The van der Waals surface area contributed by atoms with Gasteiger partial charge in [0, 0.05) is 28.7 Å². The minimum atomic E-state index is -0.598. The number of para-hydroxylation sites is 3. The number of aromatic nitrogens is 2. The largest absolute Gasteiger partial charge is 0.349 e. The van der Waals surface area contributed by atoms with Crippen molar-refractivity contribution in [1.29, 1.82) is 0 Å². The Bertz CT molecular complexity index is 3300. The highest BCUT2D eigenvalue weighted by Crippen LogP contribution is 2.57. The van der Waals surface area contributed by atoms with Crippen LogP contribution in [0.5, 0.6) is 0 Å². The number of nitrogens with zero attached hydrogens (tertiary/aromatic N) is 4. The monoisotopic (exact) mass is 796 g/mol. The van der Waals surface area contributed by atoms with E-state index in [1.807, 2.05) is 6.20 Å². The van der Waals surface area contributed by atoms with Crippen LogP contribution in [0.1, 0.15) is 36.1 Å². The average molecular weight is 797 g/mol. The van der Waals surface area contributed by atoms with Crippen molar-refractivity contribution in [1.82, 2.24) is 9.55 Å². The van der Waals surface area contributed by atoms with Gasteiger partial charge in [0.2, 0.25) is 0 Å². The van der Waals surface area contributed by atoms with Crippen molar-refractivity contribution in [2.75, 3.05) is 16.5 Å². The molecule has 8 aromatic carbocycles. The molecule has 1 aliphatic heterocycles. The number of hydrogen-bond donors (Lipinski definition) is 0. The highest BCUT2D eigenvalue weighted by molar-refractivity contribution is 6.09. The van der Waals surface area contributed by atoms with Crippen molar-refractivity contribution in [3.05, 3.63) is 235 Å². The first-order valence-corrected chi connectivity index (χ1v) is 21.7. The van der Waals surface area contributed by atoms with Gasteiger partial charge in [-0.15, -0.1) is 0 Å². The molecular formula is C58H44N4. The van der Waals surface area contributed by atoms with Crippen LogP contribution in [-0.2, 0) is 5.41 Å². The molecule has 62 heavy (non-hydrogen) atoms. The minimum Gasteiger partial charge on any atom is -0.349 e. The van der Waals surface area contributed by atoms with Crippen LogP contribution >= 0.6 is 0 Å². The van der Waals surface area contributed by atoms with Gasteiger partial charge in [-0.1, -0.05) is 158 Å². The maximum absolute atomic E-state index is 5.13. The molecule has 0 atom stereocenters. The maximum atomic E-state index is 5.13. The molecule has 0 unspecified atom stereocenters. The third kappa shape index (κ3) is 5.36. The normalized spacial score (nSPS) is 13.8. The van der Waals surface area contributed by atoms with Gasteiger partial charge in [0.15, 0.2) is 0 Å². The molecule has 0 amide bonds. The standard InChI is InChI=1S/C58H44N4/c1-39(2)60-38-61(55-30-15-14-29-54(55)60)44-20-16-19-42(36-44)58(51-26-11-8-23-47(51)48-24-9-12-27-52(48)58)43-31-32-50-49-25-10-13-28-53(49)62(56(50)37-43)57-35-41(33-34-59-57)46-22-7-6-21-45(46)40-17-4-3-5-18-40/h3-37,39H,38H2,1-2H3. The summed E-state index contributed by atoms with van der Waals surface area (Å²) < 4.78 is 2.38. The molecule has 1 aliphatic carbocycles. The summed E-state index contributed by atoms with van der Waals surface area (Å²) in [6.07, 6.45) is 1.96. The van der Waals surface area contributed by atoms with Gasteiger partial charge in [-0.25, -0.2) is 4.98 Å². The summed E-state index contributed by atoms with van der Waals surface area (Å²) in [5.74, 6) is 0.888. The van der Waals surface area contributed by atoms with Crippen molar-refractivity contribution >= 4 is 38.9 Å². The van der Waals surface area contributed by atoms with Crippen LogP contribution in [-0.4, -0.2) is 22.3 Å². The van der Waals surface area contributed by atoms with Gasteiger partial charge in [-0.05, 0) is 118 Å². The second-order valence-electron chi connectivity index (χ2n) is 16.9. The fourth-order valence-corrected chi connectivity index (χ4v) is 10.6. The van der Waals surface area contributed by atoms with E-state index >= 15 is 0 Å². The lowest BCUT2D eigenvalue weighted by molar-refractivity contribution is 0.708. The molecule has 0 fully saturated rings. The Hall–Kier alpha value is -7.69. The molecule has 4 nitrogen and oxygen atoms in total. The number of benzene rings is 8. The molecule has 0 radical (unpaired) electrons. The lowest BCUT2D eigenvalue weighted by atomic mass is 9.67. The van der Waals surface area contributed by atoms with Gasteiger partial charge < -0.3 is 9.80 Å². The van der Waals surface area contributed by atoms with Gasteiger partial charge in [-0.3, -0.25) is 4.57 Å². The van der Waals surface area contributed by atoms with E-state index in [1.54, 1.807) is 0 Å². The second-order valence-corrected chi connectivity index (χ2v) is 16.9. The zero-order valence-electron chi connectivity index (χ0n) is 34.8. The molecule has 3 heterocycles. The molecule has 296 valence electrons. The summed E-state index contributed by atoms with van der Waals surface area (Å²) in [4.78, 5) is 10.1. The summed E-state index contributed by atoms with van der Waals surface area (Å²) in [6, 6.07) is 76.3. The Labute approximate surface area is 362 Å². The molecule has 0 bridgehead atoms. The first-order valence-electron chi connectivity index (χ1n) is 21.7. The summed E-state index contributed by atoms with van der Waals surface area (Å²) in [7, 11) is 0. The van der Waals surface area contributed by atoms with E-state index in [1.165, 1.54) is 77.9 Å². The quantitative estimate of drug-likeness (QED) is 0.161. The van der Waals surface area contributed by atoms with Crippen molar-refractivity contribution in [2.45, 2.75) is 25.3 Å². The van der Waals surface area contributed by atoms with E-state index in [-0.39, 0.29) is 0 Å². The molecule has 2 aromatic heterocycles. The predicted octanol–water partition coefficient (Wildman–Crippen LogP) is 14.2. The lowest BCUT2D eigenvalue weighted by Gasteiger charge is -2.35. The van der Waals surface area contributed by atoms with E-state index in [2.05, 4.69) is 234 Å². The van der Waals surface area contributed by atoms with Crippen LogP contribution in [0.4, 0.5) is 17.1 Å². The van der Waals surface area contributed by atoms with E-state index in [0.717, 1.165) is 29.1 Å². The predicted molar refractivity (Wildman–Crippen MR) is 258 cm³/mol. The van der Waals surface area contributed by atoms with Crippen LogP contribution in [0.15, 0.2) is 212 Å². The molecule has 0 N–H and O–H groups in total. The number of fused-ring (bicyclic) bond motifs is 7.